The minimum Gasteiger partial charge on any atom is -0.486 e. The van der Waals surface area contributed by atoms with E-state index in [0.717, 1.165) is 6.07 Å². The van der Waals surface area contributed by atoms with Gasteiger partial charge in [0.2, 0.25) is 0 Å². The van der Waals surface area contributed by atoms with Crippen molar-refractivity contribution in [1.82, 2.24) is 0 Å². The second-order valence-corrected chi connectivity index (χ2v) is 5.13. The molecule has 0 heterocycles. The highest BCUT2D eigenvalue weighted by molar-refractivity contribution is 9.10. The minimum atomic E-state index is -0.761. The second kappa shape index (κ2) is 6.50. The van der Waals surface area contributed by atoms with Crippen LogP contribution in [0.5, 0.6) is 5.75 Å². The predicted molar refractivity (Wildman–Crippen MR) is 74.3 cm³/mol. The summed E-state index contributed by atoms with van der Waals surface area (Å²) in [7, 11) is 0. The lowest BCUT2D eigenvalue weighted by Crippen LogP contribution is -2.04. The minimum absolute atomic E-state index is 0.0855. The Hall–Kier alpha value is -1.20. The van der Waals surface area contributed by atoms with Crippen molar-refractivity contribution in [3.8, 4) is 5.75 Å². The quantitative estimate of drug-likeness (QED) is 0.535. The van der Waals surface area contributed by atoms with E-state index in [1.807, 2.05) is 0 Å². The first-order valence-electron chi connectivity index (χ1n) is 5.62. The smallest absolute Gasteiger partial charge is 0.165 e. The number of rotatable bonds is 4. The van der Waals surface area contributed by atoms with Crippen LogP contribution in [0.2, 0.25) is 0 Å². The van der Waals surface area contributed by atoms with Crippen LogP contribution in [0.25, 0.3) is 0 Å². The molecule has 106 valence electrons. The molecule has 0 atom stereocenters. The van der Waals surface area contributed by atoms with Gasteiger partial charge in [-0.3, -0.25) is 0 Å². The van der Waals surface area contributed by atoms with Gasteiger partial charge in [-0.05, 0) is 45.8 Å². The number of ether oxygens (including phenoxy) is 1. The number of hydrogen-bond acceptors (Lipinski definition) is 1. The van der Waals surface area contributed by atoms with Crippen molar-refractivity contribution in [3.05, 3.63) is 63.4 Å². The van der Waals surface area contributed by atoms with Crippen LogP contribution in [0.4, 0.5) is 13.2 Å². The van der Waals surface area contributed by atoms with E-state index >= 15 is 0 Å². The van der Waals surface area contributed by atoms with Crippen LogP contribution < -0.4 is 4.74 Å². The summed E-state index contributed by atoms with van der Waals surface area (Å²) in [6, 6.07) is 6.54. The van der Waals surface area contributed by atoms with Crippen molar-refractivity contribution in [2.24, 2.45) is 0 Å². The fourth-order valence-corrected chi connectivity index (χ4v) is 2.13. The average Bonchev–Trinajstić information content (AvgIpc) is 2.44. The molecule has 0 spiro atoms. The van der Waals surface area contributed by atoms with E-state index in [1.165, 1.54) is 18.2 Å². The fourth-order valence-electron chi connectivity index (χ4n) is 1.60. The Morgan fingerprint density at radius 2 is 1.80 bits per heavy atom. The summed E-state index contributed by atoms with van der Waals surface area (Å²) in [5, 5.41) is 0. The van der Waals surface area contributed by atoms with Crippen LogP contribution in [0.1, 0.15) is 11.1 Å². The van der Waals surface area contributed by atoms with E-state index in [-0.39, 0.29) is 21.7 Å². The maximum absolute atomic E-state index is 13.7. The van der Waals surface area contributed by atoms with Crippen molar-refractivity contribution in [1.29, 1.82) is 0 Å². The predicted octanol–water partition coefficient (Wildman–Crippen LogP) is 5.18. The third-order valence-electron chi connectivity index (χ3n) is 2.66. The summed E-state index contributed by atoms with van der Waals surface area (Å²) in [4.78, 5) is 0. The van der Waals surface area contributed by atoms with Gasteiger partial charge in [-0.15, -0.1) is 11.6 Å². The fraction of sp³-hybridized carbons (Fsp3) is 0.143. The summed E-state index contributed by atoms with van der Waals surface area (Å²) < 4.78 is 46.1. The standard InChI is InChI=1S/C14H9BrClF3O/c15-10-2-3-11(17)9(14(10)19)7-20-13-4-1-8(6-16)5-12(13)18/h1-5H,6-7H2. The van der Waals surface area contributed by atoms with Gasteiger partial charge in [0.25, 0.3) is 0 Å². The van der Waals surface area contributed by atoms with Gasteiger partial charge in [0.1, 0.15) is 18.2 Å². The lowest BCUT2D eigenvalue weighted by atomic mass is 10.2. The van der Waals surface area contributed by atoms with Crippen molar-refractivity contribution in [2.75, 3.05) is 0 Å². The van der Waals surface area contributed by atoms with Gasteiger partial charge in [-0.25, -0.2) is 13.2 Å². The van der Waals surface area contributed by atoms with Crippen molar-refractivity contribution in [3.63, 3.8) is 0 Å². The van der Waals surface area contributed by atoms with Gasteiger partial charge in [0.15, 0.2) is 11.6 Å². The van der Waals surface area contributed by atoms with Gasteiger partial charge in [-0.1, -0.05) is 6.07 Å². The van der Waals surface area contributed by atoms with Crippen LogP contribution >= 0.6 is 27.5 Å². The number of benzene rings is 2. The monoisotopic (exact) mass is 364 g/mol. The summed E-state index contributed by atoms with van der Waals surface area (Å²) in [6.45, 7) is -0.408. The van der Waals surface area contributed by atoms with E-state index in [1.54, 1.807) is 6.07 Å². The van der Waals surface area contributed by atoms with Crippen molar-refractivity contribution >= 4 is 27.5 Å². The highest BCUT2D eigenvalue weighted by Gasteiger charge is 2.14. The van der Waals surface area contributed by atoms with Gasteiger partial charge in [0.05, 0.1) is 10.0 Å². The Morgan fingerprint density at radius 1 is 1.05 bits per heavy atom. The number of halogens is 5. The van der Waals surface area contributed by atoms with Crippen LogP contribution in [0.3, 0.4) is 0 Å². The second-order valence-electron chi connectivity index (χ2n) is 4.01. The first-order chi connectivity index (χ1) is 9.52. The molecule has 0 fully saturated rings. The van der Waals surface area contributed by atoms with Crippen LogP contribution in [0.15, 0.2) is 34.8 Å². The Balaban J connectivity index is 2.19. The van der Waals surface area contributed by atoms with E-state index in [0.29, 0.717) is 5.56 Å². The molecule has 0 bridgehead atoms. The maximum Gasteiger partial charge on any atom is 0.165 e. The van der Waals surface area contributed by atoms with Crippen LogP contribution in [-0.2, 0) is 12.5 Å². The zero-order valence-corrected chi connectivity index (χ0v) is 12.4. The van der Waals surface area contributed by atoms with E-state index in [9.17, 15) is 13.2 Å². The molecule has 2 aromatic rings. The Kier molecular flexibility index (Phi) is 4.94. The molecule has 1 nitrogen and oxygen atoms in total. The van der Waals surface area contributed by atoms with Crippen molar-refractivity contribution < 1.29 is 17.9 Å². The largest absolute Gasteiger partial charge is 0.486 e. The molecule has 2 rings (SSSR count). The molecule has 0 aromatic heterocycles. The molecule has 20 heavy (non-hydrogen) atoms. The first kappa shape index (κ1) is 15.2. The van der Waals surface area contributed by atoms with E-state index in [4.69, 9.17) is 16.3 Å². The first-order valence-corrected chi connectivity index (χ1v) is 6.95. The topological polar surface area (TPSA) is 9.23 Å². The maximum atomic E-state index is 13.7. The molecule has 0 aliphatic rings. The van der Waals surface area contributed by atoms with E-state index < -0.39 is 24.1 Å². The Labute approximate surface area is 127 Å². The number of hydrogen-bond donors (Lipinski definition) is 0. The van der Waals surface area contributed by atoms with Crippen molar-refractivity contribution in [2.45, 2.75) is 12.5 Å². The summed E-state index contributed by atoms with van der Waals surface area (Å²) >= 11 is 8.53. The molecule has 0 aliphatic heterocycles. The molecular weight excluding hydrogens is 357 g/mol. The summed E-state index contributed by atoms with van der Waals surface area (Å²) in [5.74, 6) is -2.05. The molecule has 0 aliphatic carbocycles. The molecular formula is C14H9BrClF3O. The van der Waals surface area contributed by atoms with Crippen LogP contribution in [0, 0.1) is 17.5 Å². The third-order valence-corrected chi connectivity index (χ3v) is 3.58. The highest BCUT2D eigenvalue weighted by atomic mass is 79.9. The third kappa shape index (κ3) is 3.27. The molecule has 0 N–H and O–H groups in total. The molecule has 0 radical (unpaired) electrons. The lowest BCUT2D eigenvalue weighted by Gasteiger charge is -2.10. The molecule has 0 amide bonds. The zero-order chi connectivity index (χ0) is 14.7. The SMILES string of the molecule is Fc1cc(CCl)ccc1OCc1c(F)ccc(Br)c1F. The summed E-state index contributed by atoms with van der Waals surface area (Å²) in [5.41, 5.74) is 0.330. The van der Waals surface area contributed by atoms with E-state index in [2.05, 4.69) is 15.9 Å². The average molecular weight is 366 g/mol. The van der Waals surface area contributed by atoms with Gasteiger partial charge in [-0.2, -0.15) is 0 Å². The van der Waals surface area contributed by atoms with Gasteiger partial charge in [0, 0.05) is 5.88 Å². The highest BCUT2D eigenvalue weighted by Crippen LogP contribution is 2.25. The van der Waals surface area contributed by atoms with Crippen LogP contribution in [-0.4, -0.2) is 0 Å². The Morgan fingerprint density at radius 3 is 2.45 bits per heavy atom. The normalized spacial score (nSPS) is 10.7. The molecule has 0 unspecified atom stereocenters. The molecule has 0 saturated heterocycles. The molecule has 2 aromatic carbocycles. The molecule has 0 saturated carbocycles. The van der Waals surface area contributed by atoms with Gasteiger partial charge >= 0.3 is 0 Å². The number of alkyl halides is 1. The summed E-state index contributed by atoms with van der Waals surface area (Å²) in [6.07, 6.45) is 0. The van der Waals surface area contributed by atoms with Gasteiger partial charge < -0.3 is 4.74 Å². The molecule has 6 heteroatoms. The zero-order valence-electron chi connectivity index (χ0n) is 10.1. The lowest BCUT2D eigenvalue weighted by molar-refractivity contribution is 0.278. The Bertz CT molecular complexity index is 634.